The SMILES string of the molecule is CC(C)C[C@@H](CCO)CNC(=O)N[C@@H]1CCc2ccccc21. The summed E-state index contributed by atoms with van der Waals surface area (Å²) in [6.07, 6.45) is 3.76. The van der Waals surface area contributed by atoms with Gasteiger partial charge in [0.2, 0.25) is 0 Å². The quantitative estimate of drug-likeness (QED) is 0.725. The van der Waals surface area contributed by atoms with E-state index in [1.165, 1.54) is 11.1 Å². The average Bonchev–Trinajstić information content (AvgIpc) is 2.88. The molecule has 2 amide bonds. The largest absolute Gasteiger partial charge is 0.396 e. The predicted octanol–water partition coefficient (Wildman–Crippen LogP) is 3.02. The van der Waals surface area contributed by atoms with E-state index in [0.29, 0.717) is 18.4 Å². The molecule has 0 fully saturated rings. The normalized spacial score (nSPS) is 18.1. The third-order valence-corrected chi connectivity index (χ3v) is 4.33. The molecule has 0 aromatic heterocycles. The maximum Gasteiger partial charge on any atom is 0.315 e. The van der Waals surface area contributed by atoms with E-state index in [2.05, 4.69) is 36.6 Å². The number of aryl methyl sites for hydroxylation is 1. The van der Waals surface area contributed by atoms with Gasteiger partial charge >= 0.3 is 6.03 Å². The Labute approximate surface area is 133 Å². The van der Waals surface area contributed by atoms with Gasteiger partial charge in [-0.15, -0.1) is 0 Å². The number of carbonyl (C=O) groups is 1. The van der Waals surface area contributed by atoms with E-state index >= 15 is 0 Å². The Morgan fingerprint density at radius 2 is 2.14 bits per heavy atom. The third kappa shape index (κ3) is 4.73. The van der Waals surface area contributed by atoms with Crippen LogP contribution in [0.15, 0.2) is 24.3 Å². The Balaban J connectivity index is 1.81. The van der Waals surface area contributed by atoms with Crippen LogP contribution in [0.1, 0.15) is 50.3 Å². The molecule has 0 heterocycles. The molecule has 2 atom stereocenters. The van der Waals surface area contributed by atoms with Crippen molar-refractivity contribution < 1.29 is 9.90 Å². The lowest BCUT2D eigenvalue weighted by Crippen LogP contribution is -2.40. The Morgan fingerprint density at radius 1 is 1.36 bits per heavy atom. The first-order valence-electron chi connectivity index (χ1n) is 8.33. The second-order valence-electron chi connectivity index (χ2n) is 6.65. The van der Waals surface area contributed by atoms with E-state index in [4.69, 9.17) is 5.11 Å². The number of rotatable bonds is 7. The summed E-state index contributed by atoms with van der Waals surface area (Å²) < 4.78 is 0. The zero-order chi connectivity index (χ0) is 15.9. The Bertz CT molecular complexity index is 488. The molecule has 2 rings (SSSR count). The van der Waals surface area contributed by atoms with Gasteiger partial charge < -0.3 is 15.7 Å². The zero-order valence-corrected chi connectivity index (χ0v) is 13.6. The second-order valence-corrected chi connectivity index (χ2v) is 6.65. The summed E-state index contributed by atoms with van der Waals surface area (Å²) >= 11 is 0. The summed E-state index contributed by atoms with van der Waals surface area (Å²) in [5.74, 6) is 0.912. The van der Waals surface area contributed by atoms with Crippen LogP contribution >= 0.6 is 0 Å². The number of carbonyl (C=O) groups excluding carboxylic acids is 1. The lowest BCUT2D eigenvalue weighted by atomic mass is 9.94. The number of fused-ring (bicyclic) bond motifs is 1. The lowest BCUT2D eigenvalue weighted by Gasteiger charge is -2.20. The van der Waals surface area contributed by atoms with Crippen LogP contribution < -0.4 is 10.6 Å². The van der Waals surface area contributed by atoms with Gasteiger partial charge in [-0.3, -0.25) is 0 Å². The van der Waals surface area contributed by atoms with Crippen molar-refractivity contribution in [2.24, 2.45) is 11.8 Å². The van der Waals surface area contributed by atoms with Gasteiger partial charge in [0.25, 0.3) is 0 Å². The van der Waals surface area contributed by atoms with Crippen LogP contribution in [0.3, 0.4) is 0 Å². The van der Waals surface area contributed by atoms with E-state index in [0.717, 1.165) is 25.7 Å². The van der Waals surface area contributed by atoms with Crippen molar-refractivity contribution in [1.29, 1.82) is 0 Å². The van der Waals surface area contributed by atoms with Crippen molar-refractivity contribution >= 4 is 6.03 Å². The molecule has 0 radical (unpaired) electrons. The van der Waals surface area contributed by atoms with E-state index < -0.39 is 0 Å². The van der Waals surface area contributed by atoms with Crippen LogP contribution in [-0.4, -0.2) is 24.3 Å². The first-order valence-corrected chi connectivity index (χ1v) is 8.33. The first kappa shape index (κ1) is 16.8. The minimum atomic E-state index is -0.103. The van der Waals surface area contributed by atoms with E-state index in [9.17, 15) is 4.79 Å². The van der Waals surface area contributed by atoms with Crippen LogP contribution in [-0.2, 0) is 6.42 Å². The molecule has 0 bridgehead atoms. The van der Waals surface area contributed by atoms with E-state index in [1.807, 2.05) is 12.1 Å². The van der Waals surface area contributed by atoms with Gasteiger partial charge in [0, 0.05) is 13.2 Å². The van der Waals surface area contributed by atoms with Crippen molar-refractivity contribution in [2.75, 3.05) is 13.2 Å². The number of amides is 2. The molecule has 4 heteroatoms. The molecule has 0 spiro atoms. The number of hydrogen-bond donors (Lipinski definition) is 3. The molecular weight excluding hydrogens is 276 g/mol. The van der Waals surface area contributed by atoms with Crippen molar-refractivity contribution in [3.8, 4) is 0 Å². The van der Waals surface area contributed by atoms with Crippen LogP contribution in [0.4, 0.5) is 4.79 Å². The predicted molar refractivity (Wildman–Crippen MR) is 88.7 cm³/mol. The molecule has 0 unspecified atom stereocenters. The van der Waals surface area contributed by atoms with Gasteiger partial charge in [0.05, 0.1) is 6.04 Å². The standard InChI is InChI=1S/C18H28N2O2/c1-13(2)11-14(9-10-21)12-19-18(22)20-17-8-7-15-5-3-4-6-16(15)17/h3-6,13-14,17,21H,7-12H2,1-2H3,(H2,19,20,22)/t14-,17-/m1/s1. The summed E-state index contributed by atoms with van der Waals surface area (Å²) in [5, 5.41) is 15.2. The fourth-order valence-electron chi connectivity index (χ4n) is 3.31. The number of aliphatic hydroxyl groups is 1. The number of benzene rings is 1. The van der Waals surface area contributed by atoms with Gasteiger partial charge in [-0.25, -0.2) is 4.79 Å². The molecule has 1 aromatic carbocycles. The topological polar surface area (TPSA) is 61.4 Å². The highest BCUT2D eigenvalue weighted by Gasteiger charge is 2.23. The van der Waals surface area contributed by atoms with Crippen molar-refractivity contribution in [1.82, 2.24) is 10.6 Å². The van der Waals surface area contributed by atoms with Gasteiger partial charge in [-0.05, 0) is 48.6 Å². The van der Waals surface area contributed by atoms with Crippen LogP contribution in [0.2, 0.25) is 0 Å². The molecule has 1 aromatic rings. The maximum atomic E-state index is 12.1. The summed E-state index contributed by atoms with van der Waals surface area (Å²) in [6, 6.07) is 8.32. The number of hydrogen-bond acceptors (Lipinski definition) is 2. The molecule has 22 heavy (non-hydrogen) atoms. The third-order valence-electron chi connectivity index (χ3n) is 4.33. The molecule has 1 aliphatic rings. The summed E-state index contributed by atoms with van der Waals surface area (Å²) in [6.45, 7) is 5.13. The molecule has 0 saturated carbocycles. The minimum Gasteiger partial charge on any atom is -0.396 e. The summed E-state index contributed by atoms with van der Waals surface area (Å²) in [4.78, 5) is 12.1. The number of nitrogens with one attached hydrogen (secondary N) is 2. The highest BCUT2D eigenvalue weighted by Crippen LogP contribution is 2.30. The Morgan fingerprint density at radius 3 is 2.86 bits per heavy atom. The van der Waals surface area contributed by atoms with Gasteiger partial charge in [-0.2, -0.15) is 0 Å². The zero-order valence-electron chi connectivity index (χ0n) is 13.6. The van der Waals surface area contributed by atoms with Crippen LogP contribution in [0.25, 0.3) is 0 Å². The highest BCUT2D eigenvalue weighted by atomic mass is 16.3. The molecule has 0 aliphatic heterocycles. The van der Waals surface area contributed by atoms with Crippen LogP contribution in [0.5, 0.6) is 0 Å². The highest BCUT2D eigenvalue weighted by molar-refractivity contribution is 5.74. The summed E-state index contributed by atoms with van der Waals surface area (Å²) in [5.41, 5.74) is 2.58. The van der Waals surface area contributed by atoms with Gasteiger partial charge in [-0.1, -0.05) is 38.1 Å². The smallest absolute Gasteiger partial charge is 0.315 e. The van der Waals surface area contributed by atoms with Gasteiger partial charge in [0.15, 0.2) is 0 Å². The minimum absolute atomic E-state index is 0.103. The second kappa shape index (κ2) is 8.18. The molecular formula is C18H28N2O2. The number of urea groups is 1. The van der Waals surface area contributed by atoms with Crippen molar-refractivity contribution in [3.05, 3.63) is 35.4 Å². The molecule has 4 nitrogen and oxygen atoms in total. The maximum absolute atomic E-state index is 12.1. The van der Waals surface area contributed by atoms with E-state index in [1.54, 1.807) is 0 Å². The molecule has 122 valence electrons. The van der Waals surface area contributed by atoms with E-state index in [-0.39, 0.29) is 18.7 Å². The molecule has 3 N–H and O–H groups in total. The first-order chi connectivity index (χ1) is 10.6. The fourth-order valence-corrected chi connectivity index (χ4v) is 3.31. The van der Waals surface area contributed by atoms with Crippen LogP contribution in [0, 0.1) is 11.8 Å². The fraction of sp³-hybridized carbons (Fsp3) is 0.611. The molecule has 0 saturated heterocycles. The van der Waals surface area contributed by atoms with Crippen molar-refractivity contribution in [3.63, 3.8) is 0 Å². The van der Waals surface area contributed by atoms with Gasteiger partial charge in [0.1, 0.15) is 0 Å². The average molecular weight is 304 g/mol. The monoisotopic (exact) mass is 304 g/mol. The number of aliphatic hydroxyl groups excluding tert-OH is 1. The molecule has 1 aliphatic carbocycles. The Hall–Kier alpha value is -1.55. The Kier molecular flexibility index (Phi) is 6.25. The summed E-state index contributed by atoms with van der Waals surface area (Å²) in [7, 11) is 0. The van der Waals surface area contributed by atoms with Crippen molar-refractivity contribution in [2.45, 2.75) is 45.6 Å². The lowest BCUT2D eigenvalue weighted by molar-refractivity contribution is 0.222.